The van der Waals surface area contributed by atoms with E-state index in [-0.39, 0.29) is 10.8 Å². The van der Waals surface area contributed by atoms with Gasteiger partial charge in [-0.2, -0.15) is 0 Å². The van der Waals surface area contributed by atoms with Crippen LogP contribution in [0.3, 0.4) is 0 Å². The van der Waals surface area contributed by atoms with Crippen molar-refractivity contribution in [3.63, 3.8) is 0 Å². The zero-order valence-corrected chi connectivity index (χ0v) is 9.68. The van der Waals surface area contributed by atoms with Crippen molar-refractivity contribution in [1.29, 1.82) is 0 Å². The molecule has 0 saturated carbocycles. The number of hydrogen-bond acceptors (Lipinski definition) is 2. The third-order valence-corrected chi connectivity index (χ3v) is 2.42. The molecule has 0 radical (unpaired) electrons. The average molecular weight is 186 g/mol. The lowest BCUT2D eigenvalue weighted by atomic mass is 9.67. The van der Waals surface area contributed by atoms with Gasteiger partial charge < -0.3 is 4.74 Å². The lowest BCUT2D eigenvalue weighted by molar-refractivity contribution is -0.132. The molecule has 0 spiro atoms. The molecule has 0 aliphatic rings. The molecule has 0 unspecified atom stereocenters. The number of carbonyl (C=O) groups excluding carboxylic acids is 1. The van der Waals surface area contributed by atoms with E-state index in [1.807, 2.05) is 0 Å². The number of carbonyl (C=O) groups is 1. The molecule has 0 N–H and O–H groups in total. The van der Waals surface area contributed by atoms with Gasteiger partial charge >= 0.3 is 0 Å². The van der Waals surface area contributed by atoms with E-state index in [0.717, 1.165) is 0 Å². The SMILES string of the molecule is CC(C)(C)C(COC=O)C(C)(C)C. The Hall–Kier alpha value is -0.530. The summed E-state index contributed by atoms with van der Waals surface area (Å²) < 4.78 is 4.87. The molecule has 2 heteroatoms. The smallest absolute Gasteiger partial charge is 0.293 e. The fourth-order valence-electron chi connectivity index (χ4n) is 1.93. The van der Waals surface area contributed by atoms with Gasteiger partial charge in [-0.15, -0.1) is 0 Å². The van der Waals surface area contributed by atoms with Crippen LogP contribution in [0.1, 0.15) is 41.5 Å². The van der Waals surface area contributed by atoms with Crippen LogP contribution in [0, 0.1) is 16.7 Å². The monoisotopic (exact) mass is 186 g/mol. The normalized spacial score (nSPS) is 13.2. The molecule has 78 valence electrons. The van der Waals surface area contributed by atoms with Crippen molar-refractivity contribution >= 4 is 6.47 Å². The molecule has 0 atom stereocenters. The molecule has 0 amide bonds. The van der Waals surface area contributed by atoms with Gasteiger partial charge in [-0.1, -0.05) is 41.5 Å². The molecule has 0 aromatic heterocycles. The molecule has 0 saturated heterocycles. The lowest BCUT2D eigenvalue weighted by Crippen LogP contribution is -2.36. The number of rotatable bonds is 3. The molecule has 0 aliphatic heterocycles. The summed E-state index contributed by atoms with van der Waals surface area (Å²) >= 11 is 0. The highest BCUT2D eigenvalue weighted by Gasteiger charge is 2.35. The van der Waals surface area contributed by atoms with Crippen LogP contribution in [0.25, 0.3) is 0 Å². The van der Waals surface area contributed by atoms with Crippen LogP contribution in [-0.2, 0) is 9.53 Å². The molecule has 0 heterocycles. The Bertz CT molecular complexity index is 146. The first kappa shape index (κ1) is 12.5. The average Bonchev–Trinajstić information content (AvgIpc) is 1.81. The summed E-state index contributed by atoms with van der Waals surface area (Å²) in [5, 5.41) is 0. The Balaban J connectivity index is 4.47. The first-order chi connectivity index (χ1) is 5.69. The van der Waals surface area contributed by atoms with Crippen LogP contribution in [0.4, 0.5) is 0 Å². The standard InChI is InChI=1S/C11H22O2/c1-10(2,3)9(7-13-8-12)11(4,5)6/h8-9H,7H2,1-6H3. The second-order valence-electron chi connectivity index (χ2n) is 5.71. The summed E-state index contributed by atoms with van der Waals surface area (Å²) in [6, 6.07) is 0. The van der Waals surface area contributed by atoms with Crippen LogP contribution in [-0.4, -0.2) is 13.1 Å². The van der Waals surface area contributed by atoms with E-state index in [9.17, 15) is 4.79 Å². The summed E-state index contributed by atoms with van der Waals surface area (Å²) in [6.07, 6.45) is 0. The van der Waals surface area contributed by atoms with E-state index in [1.165, 1.54) is 0 Å². The van der Waals surface area contributed by atoms with Gasteiger partial charge in [0.2, 0.25) is 0 Å². The fraction of sp³-hybridized carbons (Fsp3) is 0.909. The lowest BCUT2D eigenvalue weighted by Gasteiger charge is -2.39. The Labute approximate surface area is 81.7 Å². The van der Waals surface area contributed by atoms with Crippen molar-refractivity contribution < 1.29 is 9.53 Å². The van der Waals surface area contributed by atoms with Crippen LogP contribution in [0.15, 0.2) is 0 Å². The fourth-order valence-corrected chi connectivity index (χ4v) is 1.93. The molecule has 0 aromatic rings. The van der Waals surface area contributed by atoms with Gasteiger partial charge in [0, 0.05) is 5.92 Å². The summed E-state index contributed by atoms with van der Waals surface area (Å²) in [6.45, 7) is 14.1. The summed E-state index contributed by atoms with van der Waals surface area (Å²) in [5.41, 5.74) is 0.336. The predicted octanol–water partition coefficient (Wildman–Crippen LogP) is 2.87. The van der Waals surface area contributed by atoms with Gasteiger partial charge in [0.05, 0.1) is 6.61 Å². The van der Waals surface area contributed by atoms with E-state index < -0.39 is 0 Å². The maximum atomic E-state index is 10.1. The zero-order chi connectivity index (χ0) is 10.7. The van der Waals surface area contributed by atoms with Gasteiger partial charge in [0.25, 0.3) is 6.47 Å². The molecule has 0 aliphatic carbocycles. The predicted molar refractivity (Wildman–Crippen MR) is 54.4 cm³/mol. The third-order valence-electron chi connectivity index (χ3n) is 2.42. The van der Waals surface area contributed by atoms with Gasteiger partial charge in [0.15, 0.2) is 0 Å². The van der Waals surface area contributed by atoms with Gasteiger partial charge in [0.1, 0.15) is 0 Å². The zero-order valence-electron chi connectivity index (χ0n) is 9.68. The highest BCUT2D eigenvalue weighted by molar-refractivity contribution is 5.36. The molecule has 13 heavy (non-hydrogen) atoms. The van der Waals surface area contributed by atoms with Gasteiger partial charge in [-0.25, -0.2) is 0 Å². The van der Waals surface area contributed by atoms with Crippen LogP contribution in [0.5, 0.6) is 0 Å². The van der Waals surface area contributed by atoms with E-state index in [2.05, 4.69) is 41.5 Å². The third kappa shape index (κ3) is 4.30. The Morgan fingerprint density at radius 3 is 1.69 bits per heavy atom. The minimum absolute atomic E-state index is 0.168. The highest BCUT2D eigenvalue weighted by Crippen LogP contribution is 2.39. The van der Waals surface area contributed by atoms with E-state index >= 15 is 0 Å². The van der Waals surface area contributed by atoms with E-state index in [4.69, 9.17) is 4.74 Å². The maximum Gasteiger partial charge on any atom is 0.293 e. The number of hydrogen-bond donors (Lipinski definition) is 0. The first-order valence-electron chi connectivity index (χ1n) is 4.75. The van der Waals surface area contributed by atoms with Crippen LogP contribution in [0.2, 0.25) is 0 Å². The highest BCUT2D eigenvalue weighted by atomic mass is 16.5. The molecule has 2 nitrogen and oxygen atoms in total. The summed E-state index contributed by atoms with van der Waals surface area (Å²) in [7, 11) is 0. The summed E-state index contributed by atoms with van der Waals surface area (Å²) in [5.74, 6) is 0.380. The van der Waals surface area contributed by atoms with Crippen molar-refractivity contribution in [2.24, 2.45) is 16.7 Å². The Kier molecular flexibility index (Phi) is 3.95. The topological polar surface area (TPSA) is 26.3 Å². The van der Waals surface area contributed by atoms with Crippen molar-refractivity contribution in [2.75, 3.05) is 6.61 Å². The number of ether oxygens (including phenoxy) is 1. The molecule has 0 rings (SSSR count). The van der Waals surface area contributed by atoms with Gasteiger partial charge in [-0.05, 0) is 10.8 Å². The first-order valence-corrected chi connectivity index (χ1v) is 4.75. The van der Waals surface area contributed by atoms with Crippen LogP contribution < -0.4 is 0 Å². The molecular formula is C11H22O2. The largest absolute Gasteiger partial charge is 0.468 e. The van der Waals surface area contributed by atoms with Crippen molar-refractivity contribution in [3.05, 3.63) is 0 Å². The quantitative estimate of drug-likeness (QED) is 0.633. The second kappa shape index (κ2) is 4.12. The second-order valence-corrected chi connectivity index (χ2v) is 5.71. The molecular weight excluding hydrogens is 164 g/mol. The van der Waals surface area contributed by atoms with Crippen molar-refractivity contribution in [2.45, 2.75) is 41.5 Å². The Morgan fingerprint density at radius 1 is 1.08 bits per heavy atom. The minimum Gasteiger partial charge on any atom is -0.468 e. The van der Waals surface area contributed by atoms with Crippen molar-refractivity contribution in [3.8, 4) is 0 Å². The maximum absolute atomic E-state index is 10.1. The molecule has 0 fully saturated rings. The molecule has 0 bridgehead atoms. The van der Waals surface area contributed by atoms with E-state index in [1.54, 1.807) is 0 Å². The van der Waals surface area contributed by atoms with Gasteiger partial charge in [-0.3, -0.25) is 4.79 Å². The van der Waals surface area contributed by atoms with Crippen molar-refractivity contribution in [1.82, 2.24) is 0 Å². The van der Waals surface area contributed by atoms with E-state index in [0.29, 0.717) is 19.0 Å². The minimum atomic E-state index is 0.168. The summed E-state index contributed by atoms with van der Waals surface area (Å²) in [4.78, 5) is 10.1. The molecule has 0 aromatic carbocycles. The Morgan fingerprint density at radius 2 is 1.46 bits per heavy atom. The van der Waals surface area contributed by atoms with Crippen LogP contribution >= 0.6 is 0 Å².